The first-order valence-electron chi connectivity index (χ1n) is 15.5. The van der Waals surface area contributed by atoms with Gasteiger partial charge in [-0.3, -0.25) is 0 Å². The highest BCUT2D eigenvalue weighted by Gasteiger charge is 2.47. The maximum absolute atomic E-state index is 7.38. The third kappa shape index (κ3) is 3.61. The maximum Gasteiger partial charge on any atom is 0.101 e. The Morgan fingerprint density at radius 1 is 0.762 bits per heavy atom. The zero-order valence-electron chi connectivity index (χ0n) is 23.9. The topological polar surface area (TPSA) is 17.8 Å². The molecule has 2 unspecified atom stereocenters. The van der Waals surface area contributed by atoms with Gasteiger partial charge in [-0.25, -0.2) is 4.68 Å². The van der Waals surface area contributed by atoms with Crippen LogP contribution in [-0.4, -0.2) is 9.78 Å². The van der Waals surface area contributed by atoms with Gasteiger partial charge in [-0.2, -0.15) is 5.10 Å². The fraction of sp³-hybridized carbons (Fsp3) is 0.256. The zero-order valence-corrected chi connectivity index (χ0v) is 24.6. The normalized spacial score (nSPS) is 24.3. The Balaban J connectivity index is 1.23. The largest absolute Gasteiger partial charge is 0.231 e. The standard InChI is InChI=1S/C39H33ClN2/c1-39-22-24-18-25(23-39)20-29(19-24)30-16-14-28(21-33(30)39)32-12-7-13-35(37(32)40)42-34-17-15-26-8-5-6-11-31(26)36(34)38(41-42)27-9-3-2-4-10-27/h2-17,21,24-25,29H,18-20,22-23H2,1H3. The Labute approximate surface area is 252 Å². The van der Waals surface area contributed by atoms with Crippen LogP contribution in [0.3, 0.4) is 0 Å². The molecule has 0 saturated heterocycles. The summed E-state index contributed by atoms with van der Waals surface area (Å²) in [5.41, 5.74) is 9.82. The molecule has 42 heavy (non-hydrogen) atoms. The summed E-state index contributed by atoms with van der Waals surface area (Å²) in [6.07, 6.45) is 6.86. The van der Waals surface area contributed by atoms with Crippen molar-refractivity contribution in [2.75, 3.05) is 0 Å². The molecule has 0 spiro atoms. The maximum atomic E-state index is 7.38. The summed E-state index contributed by atoms with van der Waals surface area (Å²) in [5.74, 6) is 2.50. The van der Waals surface area contributed by atoms with E-state index in [1.807, 2.05) is 0 Å². The van der Waals surface area contributed by atoms with Crippen LogP contribution in [-0.2, 0) is 5.41 Å². The van der Waals surface area contributed by atoms with Crippen molar-refractivity contribution in [2.45, 2.75) is 50.4 Å². The number of rotatable bonds is 3. The molecule has 4 aliphatic carbocycles. The van der Waals surface area contributed by atoms with Crippen LogP contribution < -0.4 is 0 Å². The number of fused-ring (bicyclic) bond motifs is 3. The predicted octanol–water partition coefficient (Wildman–Crippen LogP) is 10.7. The third-order valence-electron chi connectivity index (χ3n) is 10.7. The molecule has 2 atom stereocenters. The molecule has 3 heteroatoms. The molecule has 0 radical (unpaired) electrons. The van der Waals surface area contributed by atoms with Crippen LogP contribution in [0.5, 0.6) is 0 Å². The first-order chi connectivity index (χ1) is 20.6. The van der Waals surface area contributed by atoms with Gasteiger partial charge >= 0.3 is 0 Å². The van der Waals surface area contributed by atoms with Crippen molar-refractivity contribution in [2.24, 2.45) is 11.8 Å². The van der Waals surface area contributed by atoms with Gasteiger partial charge in [0.25, 0.3) is 0 Å². The van der Waals surface area contributed by atoms with Crippen LogP contribution in [0.4, 0.5) is 0 Å². The predicted molar refractivity (Wildman–Crippen MR) is 175 cm³/mol. The fourth-order valence-corrected chi connectivity index (χ4v) is 9.42. The van der Waals surface area contributed by atoms with Crippen molar-refractivity contribution < 1.29 is 0 Å². The van der Waals surface area contributed by atoms with E-state index >= 15 is 0 Å². The van der Waals surface area contributed by atoms with Crippen LogP contribution in [0.1, 0.15) is 56.1 Å². The lowest BCUT2D eigenvalue weighted by Crippen LogP contribution is -2.35. The molecule has 2 nitrogen and oxygen atoms in total. The van der Waals surface area contributed by atoms with Crippen LogP contribution >= 0.6 is 11.6 Å². The van der Waals surface area contributed by atoms with Gasteiger partial charge in [0.15, 0.2) is 0 Å². The summed E-state index contributed by atoms with van der Waals surface area (Å²) in [7, 11) is 0. The van der Waals surface area contributed by atoms with E-state index in [0.717, 1.165) is 56.2 Å². The van der Waals surface area contributed by atoms with Crippen molar-refractivity contribution in [3.8, 4) is 28.1 Å². The van der Waals surface area contributed by atoms with Crippen molar-refractivity contribution in [3.05, 3.63) is 119 Å². The highest BCUT2D eigenvalue weighted by atomic mass is 35.5. The second-order valence-corrected chi connectivity index (χ2v) is 13.7. The fourth-order valence-electron chi connectivity index (χ4n) is 9.11. The highest BCUT2D eigenvalue weighted by Crippen LogP contribution is 2.59. The van der Waals surface area contributed by atoms with E-state index in [-0.39, 0.29) is 5.41 Å². The highest BCUT2D eigenvalue weighted by molar-refractivity contribution is 6.35. The second-order valence-electron chi connectivity index (χ2n) is 13.4. The molecule has 2 fully saturated rings. The van der Waals surface area contributed by atoms with E-state index in [0.29, 0.717) is 0 Å². The summed E-state index contributed by atoms with van der Waals surface area (Å²) in [4.78, 5) is 0. The summed E-state index contributed by atoms with van der Waals surface area (Å²) in [5, 5.41) is 9.58. The van der Waals surface area contributed by atoms with Gasteiger partial charge in [-0.1, -0.05) is 110 Å². The van der Waals surface area contributed by atoms with E-state index in [4.69, 9.17) is 16.7 Å². The van der Waals surface area contributed by atoms with Gasteiger partial charge in [-0.05, 0) is 94.9 Å². The Morgan fingerprint density at radius 2 is 1.55 bits per heavy atom. The SMILES string of the molecule is CC12CC3CC(CC(C3)c3ccc(-c4cccc(-n5nc(-c6ccccc6)c6c7ccccc7ccc65)c4Cl)cc31)C2. The molecule has 5 aromatic carbocycles. The number of hydrogen-bond donors (Lipinski definition) is 0. The number of benzene rings is 5. The molecule has 0 N–H and O–H groups in total. The van der Waals surface area contributed by atoms with Crippen molar-refractivity contribution in [1.29, 1.82) is 0 Å². The Kier molecular flexibility index (Phi) is 5.33. The van der Waals surface area contributed by atoms with E-state index in [1.54, 1.807) is 11.1 Å². The number of hydrogen-bond acceptors (Lipinski definition) is 1. The molecule has 0 aliphatic heterocycles. The molecule has 10 rings (SSSR count). The third-order valence-corrected chi connectivity index (χ3v) is 11.1. The summed E-state index contributed by atoms with van der Waals surface area (Å²) >= 11 is 7.38. The van der Waals surface area contributed by atoms with E-state index in [9.17, 15) is 0 Å². The van der Waals surface area contributed by atoms with Crippen molar-refractivity contribution in [1.82, 2.24) is 9.78 Å². The van der Waals surface area contributed by atoms with E-state index in [2.05, 4.69) is 115 Å². The molecule has 2 saturated carbocycles. The van der Waals surface area contributed by atoms with Gasteiger partial charge in [0.05, 0.1) is 16.2 Å². The molecular formula is C39H33ClN2. The molecule has 0 amide bonds. The molecular weight excluding hydrogens is 532 g/mol. The summed E-state index contributed by atoms with van der Waals surface area (Å²) in [6, 6.07) is 37.1. The van der Waals surface area contributed by atoms with Crippen molar-refractivity contribution in [3.63, 3.8) is 0 Å². The van der Waals surface area contributed by atoms with Crippen LogP contribution in [0.25, 0.3) is 49.7 Å². The van der Waals surface area contributed by atoms with Gasteiger partial charge < -0.3 is 0 Å². The lowest BCUT2D eigenvalue weighted by atomic mass is 9.61. The van der Waals surface area contributed by atoms with Gasteiger partial charge in [0, 0.05) is 16.5 Å². The minimum absolute atomic E-state index is 0.276. The van der Waals surface area contributed by atoms with E-state index < -0.39 is 0 Å². The summed E-state index contributed by atoms with van der Waals surface area (Å²) in [6.45, 7) is 2.53. The van der Waals surface area contributed by atoms with Crippen molar-refractivity contribution >= 4 is 33.3 Å². The molecule has 4 aliphatic rings. The molecule has 1 aromatic heterocycles. The minimum atomic E-state index is 0.276. The average molecular weight is 565 g/mol. The smallest absolute Gasteiger partial charge is 0.101 e. The molecule has 1 heterocycles. The van der Waals surface area contributed by atoms with Crippen LogP contribution in [0, 0.1) is 11.8 Å². The quantitative estimate of drug-likeness (QED) is 0.209. The monoisotopic (exact) mass is 564 g/mol. The minimum Gasteiger partial charge on any atom is -0.231 e. The molecule has 206 valence electrons. The van der Waals surface area contributed by atoms with Gasteiger partial charge in [0.1, 0.15) is 5.69 Å². The van der Waals surface area contributed by atoms with E-state index in [1.165, 1.54) is 48.4 Å². The zero-order chi connectivity index (χ0) is 28.0. The number of nitrogens with zero attached hydrogens (tertiary/aromatic N) is 2. The molecule has 4 bridgehead atoms. The van der Waals surface area contributed by atoms with Gasteiger partial charge in [-0.15, -0.1) is 0 Å². The Bertz CT molecular complexity index is 2010. The lowest BCUT2D eigenvalue weighted by molar-refractivity contribution is 0.122. The first-order valence-corrected chi connectivity index (χ1v) is 15.8. The Hall–Kier alpha value is -3.88. The van der Waals surface area contributed by atoms with Crippen LogP contribution in [0.15, 0.2) is 103 Å². The summed E-state index contributed by atoms with van der Waals surface area (Å²) < 4.78 is 2.06. The number of halogens is 1. The molecule has 6 aromatic rings. The van der Waals surface area contributed by atoms with Gasteiger partial charge in [0.2, 0.25) is 0 Å². The number of aromatic nitrogens is 2. The lowest BCUT2D eigenvalue weighted by Gasteiger charge is -2.44. The first kappa shape index (κ1) is 24.7. The second kappa shape index (κ2) is 9.06. The Morgan fingerprint density at radius 3 is 2.38 bits per heavy atom. The van der Waals surface area contributed by atoms with Crippen LogP contribution in [0.2, 0.25) is 5.02 Å². The average Bonchev–Trinajstić information content (AvgIpc) is 3.34.